The first kappa shape index (κ1) is 14.5. The molecule has 0 bridgehead atoms. The summed E-state index contributed by atoms with van der Waals surface area (Å²) in [5, 5.41) is 12.4. The molecule has 1 aromatic carbocycles. The summed E-state index contributed by atoms with van der Waals surface area (Å²) in [5.41, 5.74) is 2.93. The van der Waals surface area contributed by atoms with Gasteiger partial charge in [0.2, 0.25) is 0 Å². The Hall–Kier alpha value is -1.53. The van der Waals surface area contributed by atoms with Crippen molar-refractivity contribution in [1.29, 1.82) is 5.26 Å². The molecule has 0 aliphatic heterocycles. The molecule has 0 aliphatic rings. The van der Waals surface area contributed by atoms with E-state index in [1.54, 1.807) is 0 Å². The van der Waals surface area contributed by atoms with Gasteiger partial charge in [-0.25, -0.2) is 0 Å². The van der Waals surface area contributed by atoms with Gasteiger partial charge in [-0.2, -0.15) is 5.26 Å². The van der Waals surface area contributed by atoms with E-state index in [0.717, 1.165) is 36.2 Å². The summed E-state index contributed by atoms with van der Waals surface area (Å²) >= 11 is 0. The molecule has 1 rings (SSSR count). The number of nitriles is 1. The fraction of sp³-hybridized carbons (Fsp3) is 0.533. The molecule has 1 atom stereocenters. The van der Waals surface area contributed by atoms with Gasteiger partial charge in [0.25, 0.3) is 0 Å². The van der Waals surface area contributed by atoms with Crippen molar-refractivity contribution in [2.24, 2.45) is 0 Å². The van der Waals surface area contributed by atoms with Crippen LogP contribution in [0.25, 0.3) is 0 Å². The van der Waals surface area contributed by atoms with Gasteiger partial charge in [-0.1, -0.05) is 19.4 Å². The number of nitrogens with one attached hydrogen (secondary N) is 1. The lowest BCUT2D eigenvalue weighted by Gasteiger charge is -2.27. The Bertz CT molecular complexity index is 420. The number of hydrogen-bond donors (Lipinski definition) is 1. The second-order valence-corrected chi connectivity index (χ2v) is 4.74. The number of rotatable bonds is 6. The second-order valence-electron chi connectivity index (χ2n) is 4.74. The molecule has 1 N–H and O–H groups in total. The second kappa shape index (κ2) is 7.03. The van der Waals surface area contributed by atoms with Crippen molar-refractivity contribution < 1.29 is 0 Å². The third-order valence-electron chi connectivity index (χ3n) is 3.31. The Labute approximate surface area is 110 Å². The topological polar surface area (TPSA) is 39.1 Å². The van der Waals surface area contributed by atoms with Crippen LogP contribution in [0.5, 0.6) is 0 Å². The summed E-state index contributed by atoms with van der Waals surface area (Å²) < 4.78 is 0. The molecule has 0 amide bonds. The van der Waals surface area contributed by atoms with Crippen molar-refractivity contribution in [1.82, 2.24) is 5.32 Å². The molecular formula is C15H23N3. The maximum absolute atomic E-state index is 9.27. The smallest absolute Gasteiger partial charge is 0.101 e. The fourth-order valence-corrected chi connectivity index (χ4v) is 2.14. The normalized spacial score (nSPS) is 11.9. The predicted molar refractivity (Wildman–Crippen MR) is 76.7 cm³/mol. The van der Waals surface area contributed by atoms with Crippen molar-refractivity contribution >= 4 is 5.69 Å². The zero-order valence-electron chi connectivity index (χ0n) is 11.8. The molecule has 0 aliphatic carbocycles. The van der Waals surface area contributed by atoms with Gasteiger partial charge < -0.3 is 10.2 Å². The minimum absolute atomic E-state index is 0.456. The average Bonchev–Trinajstić information content (AvgIpc) is 2.38. The Morgan fingerprint density at radius 3 is 2.72 bits per heavy atom. The average molecular weight is 245 g/mol. The van der Waals surface area contributed by atoms with Crippen molar-refractivity contribution in [3.05, 3.63) is 29.3 Å². The molecule has 1 unspecified atom stereocenters. The van der Waals surface area contributed by atoms with E-state index in [1.807, 2.05) is 13.1 Å². The van der Waals surface area contributed by atoms with Crippen molar-refractivity contribution in [3.8, 4) is 6.07 Å². The lowest BCUT2D eigenvalue weighted by molar-refractivity contribution is 0.615. The quantitative estimate of drug-likeness (QED) is 0.837. The molecule has 18 heavy (non-hydrogen) atoms. The van der Waals surface area contributed by atoms with Gasteiger partial charge >= 0.3 is 0 Å². The highest BCUT2D eigenvalue weighted by Gasteiger charge is 2.13. The molecule has 1 aromatic rings. The van der Waals surface area contributed by atoms with Gasteiger partial charge in [-0.15, -0.1) is 0 Å². The van der Waals surface area contributed by atoms with Crippen molar-refractivity contribution in [3.63, 3.8) is 0 Å². The number of hydrogen-bond acceptors (Lipinski definition) is 3. The minimum Gasteiger partial charge on any atom is -0.371 e. The maximum Gasteiger partial charge on any atom is 0.101 e. The first-order valence-corrected chi connectivity index (χ1v) is 6.54. The van der Waals surface area contributed by atoms with Crippen LogP contribution in [0, 0.1) is 11.3 Å². The zero-order valence-corrected chi connectivity index (χ0v) is 11.8. The Morgan fingerprint density at radius 1 is 1.44 bits per heavy atom. The summed E-state index contributed by atoms with van der Waals surface area (Å²) in [4.78, 5) is 2.20. The van der Waals surface area contributed by atoms with E-state index in [-0.39, 0.29) is 0 Å². The summed E-state index contributed by atoms with van der Waals surface area (Å²) in [5.74, 6) is 0. The largest absolute Gasteiger partial charge is 0.371 e. The van der Waals surface area contributed by atoms with E-state index in [0.29, 0.717) is 6.04 Å². The van der Waals surface area contributed by atoms with Crippen LogP contribution in [0.15, 0.2) is 18.2 Å². The van der Waals surface area contributed by atoms with Crippen LogP contribution in [-0.4, -0.2) is 20.1 Å². The molecule has 0 aromatic heterocycles. The highest BCUT2D eigenvalue weighted by molar-refractivity contribution is 5.60. The van der Waals surface area contributed by atoms with Crippen LogP contribution in [0.2, 0.25) is 0 Å². The molecule has 3 nitrogen and oxygen atoms in total. The number of anilines is 1. The van der Waals surface area contributed by atoms with Gasteiger partial charge in [0.15, 0.2) is 0 Å². The lowest BCUT2D eigenvalue weighted by Crippen LogP contribution is -2.29. The Morgan fingerprint density at radius 2 is 2.17 bits per heavy atom. The standard InChI is InChI=1S/C15H23N3/c1-5-6-12(2)18(4)15-8-7-13(11-17-3)9-14(15)10-16/h7-9,12,17H,5-6,11H2,1-4H3. The summed E-state index contributed by atoms with van der Waals surface area (Å²) in [6.07, 6.45) is 2.30. The Kier molecular flexibility index (Phi) is 5.67. The monoisotopic (exact) mass is 245 g/mol. The first-order chi connectivity index (χ1) is 8.63. The lowest BCUT2D eigenvalue weighted by atomic mass is 10.1. The minimum atomic E-state index is 0.456. The third kappa shape index (κ3) is 3.48. The fourth-order valence-electron chi connectivity index (χ4n) is 2.14. The number of benzene rings is 1. The highest BCUT2D eigenvalue weighted by atomic mass is 15.1. The van der Waals surface area contributed by atoms with E-state index in [2.05, 4.69) is 49.3 Å². The van der Waals surface area contributed by atoms with E-state index in [1.165, 1.54) is 0 Å². The van der Waals surface area contributed by atoms with Crippen LogP contribution in [-0.2, 0) is 6.54 Å². The molecule has 0 fully saturated rings. The first-order valence-electron chi connectivity index (χ1n) is 6.54. The van der Waals surface area contributed by atoms with Gasteiger partial charge in [0.1, 0.15) is 6.07 Å². The zero-order chi connectivity index (χ0) is 13.5. The van der Waals surface area contributed by atoms with Gasteiger partial charge in [0, 0.05) is 19.6 Å². The maximum atomic E-state index is 9.27. The van der Waals surface area contributed by atoms with Crippen LogP contribution >= 0.6 is 0 Å². The van der Waals surface area contributed by atoms with Crippen molar-refractivity contribution in [2.75, 3.05) is 19.0 Å². The molecule has 0 radical (unpaired) electrons. The molecule has 3 heteroatoms. The molecule has 0 spiro atoms. The van der Waals surface area contributed by atoms with E-state index >= 15 is 0 Å². The predicted octanol–water partition coefficient (Wildman–Crippen LogP) is 2.90. The SMILES string of the molecule is CCCC(C)N(C)c1ccc(CNC)cc1C#N. The van der Waals surface area contributed by atoms with Crippen LogP contribution in [0.3, 0.4) is 0 Å². The van der Waals surface area contributed by atoms with Crippen molar-refractivity contribution in [2.45, 2.75) is 39.3 Å². The van der Waals surface area contributed by atoms with Crippen LogP contribution in [0.4, 0.5) is 5.69 Å². The highest BCUT2D eigenvalue weighted by Crippen LogP contribution is 2.23. The van der Waals surface area contributed by atoms with Crippen LogP contribution in [0.1, 0.15) is 37.8 Å². The third-order valence-corrected chi connectivity index (χ3v) is 3.31. The van der Waals surface area contributed by atoms with E-state index in [9.17, 15) is 5.26 Å². The molecular weight excluding hydrogens is 222 g/mol. The number of nitrogens with zero attached hydrogens (tertiary/aromatic N) is 2. The van der Waals surface area contributed by atoms with Crippen LogP contribution < -0.4 is 10.2 Å². The van der Waals surface area contributed by atoms with Gasteiger partial charge in [0.05, 0.1) is 11.3 Å². The van der Waals surface area contributed by atoms with Gasteiger partial charge in [-0.3, -0.25) is 0 Å². The summed E-state index contributed by atoms with van der Waals surface area (Å²) in [6, 6.07) is 8.87. The molecule has 0 saturated heterocycles. The summed E-state index contributed by atoms with van der Waals surface area (Å²) in [6.45, 7) is 5.18. The Balaban J connectivity index is 2.98. The molecule has 0 heterocycles. The summed E-state index contributed by atoms with van der Waals surface area (Å²) in [7, 11) is 3.98. The molecule has 98 valence electrons. The van der Waals surface area contributed by atoms with Gasteiger partial charge in [-0.05, 0) is 38.1 Å². The van der Waals surface area contributed by atoms with E-state index < -0.39 is 0 Å². The molecule has 0 saturated carbocycles. The van der Waals surface area contributed by atoms with E-state index in [4.69, 9.17) is 0 Å².